The fourth-order valence-corrected chi connectivity index (χ4v) is 0.901. The third-order valence-electron chi connectivity index (χ3n) is 2.06. The second-order valence-corrected chi connectivity index (χ2v) is 2.95. The minimum absolute atomic E-state index is 0.00111. The molecule has 0 aromatic rings. The molecule has 0 amide bonds. The molecule has 1 atom stereocenters. The van der Waals surface area contributed by atoms with Crippen LogP contribution in [0.25, 0.3) is 0 Å². The average molecular weight is 155 g/mol. The first-order valence-electron chi connectivity index (χ1n) is 3.98. The standard InChI is InChI=1S/C9H17NO/c1-4-7-10-9(3,5-2)6-8-11/h1,10-11H,5-8H2,2-3H3. The van der Waals surface area contributed by atoms with Gasteiger partial charge in [-0.15, -0.1) is 6.42 Å². The molecule has 2 N–H and O–H groups in total. The highest BCUT2D eigenvalue weighted by molar-refractivity contribution is 4.92. The van der Waals surface area contributed by atoms with Crippen LogP contribution in [0, 0.1) is 12.3 Å². The Morgan fingerprint density at radius 3 is 2.64 bits per heavy atom. The number of terminal acetylenes is 1. The van der Waals surface area contributed by atoms with E-state index >= 15 is 0 Å². The summed E-state index contributed by atoms with van der Waals surface area (Å²) in [4.78, 5) is 0. The maximum atomic E-state index is 8.74. The van der Waals surface area contributed by atoms with Crippen molar-refractivity contribution in [2.45, 2.75) is 32.2 Å². The van der Waals surface area contributed by atoms with Crippen LogP contribution in [0.2, 0.25) is 0 Å². The number of aliphatic hydroxyl groups excluding tert-OH is 1. The van der Waals surface area contributed by atoms with Crippen LogP contribution in [0.1, 0.15) is 26.7 Å². The van der Waals surface area contributed by atoms with Crippen LogP contribution < -0.4 is 5.32 Å². The summed E-state index contributed by atoms with van der Waals surface area (Å²) < 4.78 is 0. The van der Waals surface area contributed by atoms with Crippen LogP contribution in [0.5, 0.6) is 0 Å². The summed E-state index contributed by atoms with van der Waals surface area (Å²) in [5, 5.41) is 11.9. The van der Waals surface area contributed by atoms with E-state index < -0.39 is 0 Å². The lowest BCUT2D eigenvalue weighted by atomic mass is 9.95. The van der Waals surface area contributed by atoms with Crippen molar-refractivity contribution in [3.05, 3.63) is 0 Å². The highest BCUT2D eigenvalue weighted by atomic mass is 16.3. The van der Waals surface area contributed by atoms with E-state index in [1.807, 2.05) is 0 Å². The predicted molar refractivity (Wildman–Crippen MR) is 47.2 cm³/mol. The Kier molecular flexibility index (Phi) is 4.93. The Morgan fingerprint density at radius 1 is 1.64 bits per heavy atom. The second kappa shape index (κ2) is 5.17. The van der Waals surface area contributed by atoms with Crippen molar-refractivity contribution in [1.82, 2.24) is 5.32 Å². The summed E-state index contributed by atoms with van der Waals surface area (Å²) in [6.07, 6.45) is 6.85. The van der Waals surface area contributed by atoms with Crippen molar-refractivity contribution >= 4 is 0 Å². The zero-order valence-electron chi connectivity index (χ0n) is 7.35. The van der Waals surface area contributed by atoms with Gasteiger partial charge in [-0.1, -0.05) is 12.8 Å². The first kappa shape index (κ1) is 10.5. The van der Waals surface area contributed by atoms with Crippen molar-refractivity contribution in [2.24, 2.45) is 0 Å². The highest BCUT2D eigenvalue weighted by Gasteiger charge is 2.19. The summed E-state index contributed by atoms with van der Waals surface area (Å²) in [5.41, 5.74) is 0.00111. The monoisotopic (exact) mass is 155 g/mol. The SMILES string of the molecule is C#CCNC(C)(CC)CCO. The van der Waals surface area contributed by atoms with Crippen molar-refractivity contribution in [1.29, 1.82) is 0 Å². The quantitative estimate of drug-likeness (QED) is 0.574. The molecule has 0 aliphatic heterocycles. The van der Waals surface area contributed by atoms with Crippen molar-refractivity contribution in [3.8, 4) is 12.3 Å². The number of nitrogens with one attached hydrogen (secondary N) is 1. The molecule has 64 valence electrons. The minimum atomic E-state index is 0.00111. The normalized spacial score (nSPS) is 15.5. The molecule has 0 rings (SSSR count). The molecule has 2 heteroatoms. The minimum Gasteiger partial charge on any atom is -0.396 e. The van der Waals surface area contributed by atoms with E-state index in [1.54, 1.807) is 0 Å². The van der Waals surface area contributed by atoms with Gasteiger partial charge >= 0.3 is 0 Å². The van der Waals surface area contributed by atoms with E-state index in [0.717, 1.165) is 12.8 Å². The van der Waals surface area contributed by atoms with Gasteiger partial charge in [-0.25, -0.2) is 0 Å². The molecule has 0 spiro atoms. The molecule has 1 unspecified atom stereocenters. The lowest BCUT2D eigenvalue weighted by Gasteiger charge is -2.27. The lowest BCUT2D eigenvalue weighted by molar-refractivity contribution is 0.220. The van der Waals surface area contributed by atoms with Gasteiger partial charge in [0.1, 0.15) is 0 Å². The van der Waals surface area contributed by atoms with Gasteiger partial charge < -0.3 is 10.4 Å². The van der Waals surface area contributed by atoms with Crippen molar-refractivity contribution < 1.29 is 5.11 Å². The molecule has 0 aliphatic rings. The number of hydrogen-bond donors (Lipinski definition) is 2. The Hall–Kier alpha value is -0.520. The molecule has 0 saturated carbocycles. The van der Waals surface area contributed by atoms with Gasteiger partial charge in [-0.3, -0.25) is 0 Å². The number of rotatable bonds is 5. The molecule has 0 heterocycles. The van der Waals surface area contributed by atoms with Crippen molar-refractivity contribution in [2.75, 3.05) is 13.2 Å². The second-order valence-electron chi connectivity index (χ2n) is 2.95. The van der Waals surface area contributed by atoms with E-state index in [2.05, 4.69) is 25.1 Å². The molecule has 0 aromatic carbocycles. The summed E-state index contributed by atoms with van der Waals surface area (Å²) >= 11 is 0. The molecule has 0 saturated heterocycles. The zero-order chi connectivity index (χ0) is 8.74. The highest BCUT2D eigenvalue weighted by Crippen LogP contribution is 2.12. The van der Waals surface area contributed by atoms with Gasteiger partial charge in [0.2, 0.25) is 0 Å². The van der Waals surface area contributed by atoms with Gasteiger partial charge in [0.15, 0.2) is 0 Å². The van der Waals surface area contributed by atoms with Crippen LogP contribution in [-0.2, 0) is 0 Å². The predicted octanol–water partition coefficient (Wildman–Crippen LogP) is 0.760. The molecular weight excluding hydrogens is 138 g/mol. The Bertz CT molecular complexity index is 139. The summed E-state index contributed by atoms with van der Waals surface area (Å²) in [6.45, 7) is 4.94. The summed E-state index contributed by atoms with van der Waals surface area (Å²) in [6, 6.07) is 0. The molecule has 11 heavy (non-hydrogen) atoms. The van der Waals surface area contributed by atoms with E-state index in [0.29, 0.717) is 6.54 Å². The largest absolute Gasteiger partial charge is 0.396 e. The van der Waals surface area contributed by atoms with Crippen LogP contribution in [0.4, 0.5) is 0 Å². The topological polar surface area (TPSA) is 32.3 Å². The Balaban J connectivity index is 3.79. The third-order valence-corrected chi connectivity index (χ3v) is 2.06. The van der Waals surface area contributed by atoms with Crippen LogP contribution in [0.15, 0.2) is 0 Å². The van der Waals surface area contributed by atoms with Crippen LogP contribution in [0.3, 0.4) is 0 Å². The van der Waals surface area contributed by atoms with Gasteiger partial charge in [0.25, 0.3) is 0 Å². The van der Waals surface area contributed by atoms with Crippen LogP contribution >= 0.6 is 0 Å². The maximum absolute atomic E-state index is 8.74. The lowest BCUT2D eigenvalue weighted by Crippen LogP contribution is -2.42. The summed E-state index contributed by atoms with van der Waals surface area (Å²) in [5.74, 6) is 2.52. The molecule has 2 nitrogen and oxygen atoms in total. The first-order valence-corrected chi connectivity index (χ1v) is 3.98. The van der Waals surface area contributed by atoms with Gasteiger partial charge in [-0.2, -0.15) is 0 Å². The van der Waals surface area contributed by atoms with Crippen LogP contribution in [-0.4, -0.2) is 23.8 Å². The molecule has 0 radical (unpaired) electrons. The fraction of sp³-hybridized carbons (Fsp3) is 0.778. The molecule has 0 fully saturated rings. The average Bonchev–Trinajstić information content (AvgIpc) is 2.02. The Morgan fingerprint density at radius 2 is 2.27 bits per heavy atom. The Labute approximate surface area is 69.0 Å². The molecule has 0 bridgehead atoms. The van der Waals surface area contributed by atoms with Gasteiger partial charge in [-0.05, 0) is 19.8 Å². The maximum Gasteiger partial charge on any atom is 0.0578 e. The first-order chi connectivity index (χ1) is 5.18. The van der Waals surface area contributed by atoms with E-state index in [-0.39, 0.29) is 12.1 Å². The number of aliphatic hydroxyl groups is 1. The molecule has 0 aromatic heterocycles. The van der Waals surface area contributed by atoms with Gasteiger partial charge in [0, 0.05) is 12.1 Å². The number of hydrogen-bond acceptors (Lipinski definition) is 2. The molecule has 0 aliphatic carbocycles. The zero-order valence-corrected chi connectivity index (χ0v) is 7.35. The molecular formula is C9H17NO. The third kappa shape index (κ3) is 4.02. The fourth-order valence-electron chi connectivity index (χ4n) is 0.901. The van der Waals surface area contributed by atoms with Gasteiger partial charge in [0.05, 0.1) is 6.54 Å². The van der Waals surface area contributed by atoms with E-state index in [9.17, 15) is 0 Å². The van der Waals surface area contributed by atoms with E-state index in [4.69, 9.17) is 11.5 Å². The summed E-state index contributed by atoms with van der Waals surface area (Å²) in [7, 11) is 0. The van der Waals surface area contributed by atoms with E-state index in [1.165, 1.54) is 0 Å². The van der Waals surface area contributed by atoms with Crippen molar-refractivity contribution in [3.63, 3.8) is 0 Å². The smallest absolute Gasteiger partial charge is 0.0578 e.